The lowest BCUT2D eigenvalue weighted by molar-refractivity contribution is -0.145. The molecule has 0 amide bonds. The molecule has 0 bridgehead atoms. The van der Waals surface area contributed by atoms with Crippen molar-refractivity contribution < 1.29 is 9.53 Å². The first-order valence-electron chi connectivity index (χ1n) is 4.94. The monoisotopic (exact) mass is 211 g/mol. The van der Waals surface area contributed by atoms with Gasteiger partial charge < -0.3 is 10.1 Å². The van der Waals surface area contributed by atoms with E-state index in [1.54, 1.807) is 18.7 Å². The molecule has 0 aliphatic carbocycles. The average Bonchev–Trinajstić information content (AvgIpc) is 2.47. The van der Waals surface area contributed by atoms with Crippen molar-refractivity contribution in [2.75, 3.05) is 13.7 Å². The Balaban J connectivity index is 2.91. The fourth-order valence-corrected chi connectivity index (χ4v) is 1.53. The molecule has 0 aliphatic heterocycles. The molecule has 0 radical (unpaired) electrons. The summed E-state index contributed by atoms with van der Waals surface area (Å²) in [5.74, 6) is -0.267. The number of hydrogen-bond acceptors (Lipinski definition) is 4. The van der Waals surface area contributed by atoms with Crippen molar-refractivity contribution in [1.29, 1.82) is 0 Å². The fourth-order valence-electron chi connectivity index (χ4n) is 1.53. The van der Waals surface area contributed by atoms with Crippen molar-refractivity contribution >= 4 is 5.97 Å². The molecular weight excluding hydrogens is 194 g/mol. The van der Waals surface area contributed by atoms with Crippen molar-refractivity contribution in [2.24, 2.45) is 7.05 Å². The van der Waals surface area contributed by atoms with E-state index in [-0.39, 0.29) is 5.97 Å². The van der Waals surface area contributed by atoms with Gasteiger partial charge in [0.25, 0.3) is 0 Å². The summed E-state index contributed by atoms with van der Waals surface area (Å²) in [6, 6.07) is -0.432. The minimum Gasteiger partial charge on any atom is -0.465 e. The molecule has 0 saturated heterocycles. The van der Waals surface area contributed by atoms with Crippen molar-refractivity contribution in [3.8, 4) is 0 Å². The first-order valence-corrected chi connectivity index (χ1v) is 4.94. The zero-order valence-electron chi connectivity index (χ0n) is 9.57. The summed E-state index contributed by atoms with van der Waals surface area (Å²) in [7, 11) is 3.56. The van der Waals surface area contributed by atoms with E-state index in [1.807, 2.05) is 20.2 Å². The maximum Gasteiger partial charge on any atom is 0.327 e. The van der Waals surface area contributed by atoms with Crippen LogP contribution in [0, 0.1) is 6.92 Å². The highest BCUT2D eigenvalue weighted by Gasteiger charge is 2.23. The highest BCUT2D eigenvalue weighted by atomic mass is 16.5. The Morgan fingerprint density at radius 3 is 2.80 bits per heavy atom. The van der Waals surface area contributed by atoms with E-state index in [9.17, 15) is 4.79 Å². The highest BCUT2D eigenvalue weighted by molar-refractivity contribution is 5.77. The van der Waals surface area contributed by atoms with Crippen LogP contribution < -0.4 is 5.32 Å². The Hall–Kier alpha value is -1.36. The summed E-state index contributed by atoms with van der Waals surface area (Å²) in [6.45, 7) is 4.05. The van der Waals surface area contributed by atoms with Gasteiger partial charge in [0.1, 0.15) is 6.04 Å². The lowest BCUT2D eigenvalue weighted by Crippen LogP contribution is -2.27. The van der Waals surface area contributed by atoms with Crippen LogP contribution in [-0.2, 0) is 16.6 Å². The Bertz CT molecular complexity index is 346. The number of carbonyl (C=O) groups is 1. The van der Waals surface area contributed by atoms with Crippen molar-refractivity contribution in [2.45, 2.75) is 19.9 Å². The van der Waals surface area contributed by atoms with Crippen molar-refractivity contribution in [1.82, 2.24) is 15.1 Å². The van der Waals surface area contributed by atoms with Crippen LogP contribution in [0.25, 0.3) is 0 Å². The van der Waals surface area contributed by atoms with Crippen LogP contribution in [0.3, 0.4) is 0 Å². The largest absolute Gasteiger partial charge is 0.465 e. The summed E-state index contributed by atoms with van der Waals surface area (Å²) in [4.78, 5) is 11.6. The van der Waals surface area contributed by atoms with Crippen LogP contribution >= 0.6 is 0 Å². The second kappa shape index (κ2) is 4.93. The van der Waals surface area contributed by atoms with E-state index in [2.05, 4.69) is 10.4 Å². The maximum absolute atomic E-state index is 11.6. The predicted molar refractivity (Wildman–Crippen MR) is 56.4 cm³/mol. The number of likely N-dealkylation sites (N-methyl/N-ethyl adjacent to an activating group) is 1. The number of carbonyl (C=O) groups excluding carboxylic acids is 1. The quantitative estimate of drug-likeness (QED) is 0.739. The third kappa shape index (κ3) is 2.56. The molecule has 0 aromatic carbocycles. The number of aromatic nitrogens is 2. The van der Waals surface area contributed by atoms with Crippen LogP contribution in [0.5, 0.6) is 0 Å². The standard InChI is InChI=1S/C10H17N3O2/c1-5-15-10(14)9(11-3)8-6-13(4)12-7(8)2/h6,9,11H,5H2,1-4H3. The number of aryl methyl sites for hydroxylation is 2. The van der Waals surface area contributed by atoms with Gasteiger partial charge in [-0.2, -0.15) is 5.10 Å². The molecular formula is C10H17N3O2. The summed E-state index contributed by atoms with van der Waals surface area (Å²) in [5.41, 5.74) is 1.70. The molecule has 0 saturated carbocycles. The second-order valence-corrected chi connectivity index (χ2v) is 3.32. The van der Waals surface area contributed by atoms with Gasteiger partial charge in [-0.3, -0.25) is 4.68 Å². The highest BCUT2D eigenvalue weighted by Crippen LogP contribution is 2.17. The molecule has 0 fully saturated rings. The van der Waals surface area contributed by atoms with Crippen LogP contribution in [0.2, 0.25) is 0 Å². The molecule has 1 heterocycles. The van der Waals surface area contributed by atoms with E-state index in [1.165, 1.54) is 0 Å². The van der Waals surface area contributed by atoms with E-state index >= 15 is 0 Å². The third-order valence-electron chi connectivity index (χ3n) is 2.17. The Kier molecular flexibility index (Phi) is 3.85. The lowest BCUT2D eigenvalue weighted by atomic mass is 10.1. The first-order chi connectivity index (χ1) is 7.10. The Morgan fingerprint density at radius 1 is 1.73 bits per heavy atom. The molecule has 1 rings (SSSR count). The van der Waals surface area contributed by atoms with Crippen LogP contribution in [0.1, 0.15) is 24.2 Å². The smallest absolute Gasteiger partial charge is 0.327 e. The van der Waals surface area contributed by atoms with Crippen LogP contribution in [-0.4, -0.2) is 29.4 Å². The van der Waals surface area contributed by atoms with Gasteiger partial charge in [-0.25, -0.2) is 4.79 Å². The minimum atomic E-state index is -0.432. The number of nitrogens with one attached hydrogen (secondary N) is 1. The summed E-state index contributed by atoms with van der Waals surface area (Å²) >= 11 is 0. The lowest BCUT2D eigenvalue weighted by Gasteiger charge is -2.13. The molecule has 0 aliphatic rings. The van der Waals surface area contributed by atoms with E-state index < -0.39 is 6.04 Å². The normalized spacial score (nSPS) is 12.5. The fraction of sp³-hybridized carbons (Fsp3) is 0.600. The van der Waals surface area contributed by atoms with Gasteiger partial charge in [0, 0.05) is 18.8 Å². The summed E-state index contributed by atoms with van der Waals surface area (Å²) in [6.07, 6.45) is 1.83. The van der Waals surface area contributed by atoms with Crippen LogP contribution in [0.4, 0.5) is 0 Å². The van der Waals surface area contributed by atoms with Gasteiger partial charge in [0.15, 0.2) is 0 Å². The van der Waals surface area contributed by atoms with Gasteiger partial charge in [-0.05, 0) is 20.9 Å². The first kappa shape index (κ1) is 11.7. The molecule has 1 N–H and O–H groups in total. The second-order valence-electron chi connectivity index (χ2n) is 3.32. The third-order valence-corrected chi connectivity index (χ3v) is 2.17. The molecule has 1 unspecified atom stereocenters. The topological polar surface area (TPSA) is 56.1 Å². The van der Waals surface area contributed by atoms with Gasteiger partial charge in [0.05, 0.1) is 12.3 Å². The molecule has 5 nitrogen and oxygen atoms in total. The van der Waals surface area contributed by atoms with Gasteiger partial charge in [0.2, 0.25) is 0 Å². The number of nitrogens with zero attached hydrogens (tertiary/aromatic N) is 2. The zero-order chi connectivity index (χ0) is 11.4. The van der Waals surface area contributed by atoms with Gasteiger partial charge >= 0.3 is 5.97 Å². The predicted octanol–water partition coefficient (Wildman–Crippen LogP) is 0.552. The van der Waals surface area contributed by atoms with Gasteiger partial charge in [-0.15, -0.1) is 0 Å². The molecule has 1 atom stereocenters. The Labute approximate surface area is 89.4 Å². The van der Waals surface area contributed by atoms with E-state index in [0.717, 1.165) is 11.3 Å². The number of esters is 1. The maximum atomic E-state index is 11.6. The molecule has 0 spiro atoms. The Morgan fingerprint density at radius 2 is 2.40 bits per heavy atom. The molecule has 15 heavy (non-hydrogen) atoms. The average molecular weight is 211 g/mol. The zero-order valence-corrected chi connectivity index (χ0v) is 9.57. The van der Waals surface area contributed by atoms with E-state index in [4.69, 9.17) is 4.74 Å². The molecule has 1 aromatic rings. The minimum absolute atomic E-state index is 0.267. The summed E-state index contributed by atoms with van der Waals surface area (Å²) in [5, 5.41) is 7.12. The number of hydrogen-bond donors (Lipinski definition) is 1. The van der Waals surface area contributed by atoms with Gasteiger partial charge in [-0.1, -0.05) is 0 Å². The summed E-state index contributed by atoms with van der Waals surface area (Å²) < 4.78 is 6.66. The molecule has 5 heteroatoms. The van der Waals surface area contributed by atoms with E-state index in [0.29, 0.717) is 6.61 Å². The van der Waals surface area contributed by atoms with Crippen molar-refractivity contribution in [3.63, 3.8) is 0 Å². The SMILES string of the molecule is CCOC(=O)C(NC)c1cn(C)nc1C. The molecule has 1 aromatic heterocycles. The molecule has 84 valence electrons. The van der Waals surface area contributed by atoms with Crippen LogP contribution in [0.15, 0.2) is 6.20 Å². The number of rotatable bonds is 4. The number of ether oxygens (including phenoxy) is 1. The van der Waals surface area contributed by atoms with Crippen molar-refractivity contribution in [3.05, 3.63) is 17.5 Å².